The van der Waals surface area contributed by atoms with Crippen molar-refractivity contribution in [1.82, 2.24) is 5.32 Å². The van der Waals surface area contributed by atoms with Gasteiger partial charge in [0.25, 0.3) is 0 Å². The molecule has 2 rings (SSSR count). The summed E-state index contributed by atoms with van der Waals surface area (Å²) in [7, 11) is 0. The van der Waals surface area contributed by atoms with Gasteiger partial charge >= 0.3 is 5.97 Å². The smallest absolute Gasteiger partial charge is 0.352 e. The maximum Gasteiger partial charge on any atom is 0.352 e. The molecule has 2 aromatic rings. The zero-order valence-corrected chi connectivity index (χ0v) is 15.6. The van der Waals surface area contributed by atoms with Gasteiger partial charge in [-0.3, -0.25) is 4.79 Å². The molecule has 0 atom stereocenters. The predicted molar refractivity (Wildman–Crippen MR) is 103 cm³/mol. The molecule has 0 unspecified atom stereocenters. The number of rotatable bonds is 8. The van der Waals surface area contributed by atoms with Gasteiger partial charge in [0.1, 0.15) is 12.3 Å². The second-order valence-corrected chi connectivity index (χ2v) is 5.90. The Hall–Kier alpha value is -3.28. The maximum absolute atomic E-state index is 11.3. The summed E-state index contributed by atoms with van der Waals surface area (Å²) < 4.78 is 11.5. The van der Waals surface area contributed by atoms with Crippen LogP contribution in [0.3, 0.4) is 0 Å². The van der Waals surface area contributed by atoms with Gasteiger partial charge in [-0.15, -0.1) is 0 Å². The molecule has 0 aliphatic carbocycles. The van der Waals surface area contributed by atoms with Crippen molar-refractivity contribution in [2.24, 2.45) is 0 Å². The van der Waals surface area contributed by atoms with E-state index in [1.807, 2.05) is 38.1 Å². The zero-order chi connectivity index (χ0) is 19.8. The molecule has 0 saturated heterocycles. The average molecular weight is 369 g/mol. The number of carboxylic acids is 1. The van der Waals surface area contributed by atoms with Gasteiger partial charge < -0.3 is 19.9 Å². The van der Waals surface area contributed by atoms with Gasteiger partial charge in [0.2, 0.25) is 5.91 Å². The Morgan fingerprint density at radius 3 is 2.48 bits per heavy atom. The first kappa shape index (κ1) is 20.0. The van der Waals surface area contributed by atoms with E-state index in [1.54, 1.807) is 18.2 Å². The predicted octanol–water partition coefficient (Wildman–Crippen LogP) is 3.53. The van der Waals surface area contributed by atoms with E-state index in [9.17, 15) is 14.7 Å². The fraction of sp³-hybridized carbons (Fsp3) is 0.238. The molecular weight excluding hydrogens is 346 g/mol. The topological polar surface area (TPSA) is 84.9 Å². The quantitative estimate of drug-likeness (QED) is 0.695. The van der Waals surface area contributed by atoms with E-state index >= 15 is 0 Å². The lowest BCUT2D eigenvalue weighted by atomic mass is 10.1. The summed E-state index contributed by atoms with van der Waals surface area (Å²) in [5.41, 5.74) is 2.57. The third-order valence-electron chi connectivity index (χ3n) is 3.76. The molecule has 0 spiro atoms. The average Bonchev–Trinajstić information content (AvgIpc) is 2.61. The van der Waals surface area contributed by atoms with Crippen LogP contribution in [0, 0.1) is 6.92 Å². The molecule has 0 aliphatic heterocycles. The number of aryl methyl sites for hydroxylation is 1. The largest absolute Gasteiger partial charge is 0.490 e. The van der Waals surface area contributed by atoms with E-state index in [2.05, 4.69) is 5.32 Å². The lowest BCUT2D eigenvalue weighted by molar-refractivity contribution is -0.134. The molecule has 142 valence electrons. The second-order valence-electron chi connectivity index (χ2n) is 5.90. The number of aliphatic carboxylic acids is 1. The number of carbonyl (C=O) groups excluding carboxylic acids is 1. The number of carboxylic acid groups (broad SMARTS) is 1. The van der Waals surface area contributed by atoms with Crippen LogP contribution in [0.1, 0.15) is 30.5 Å². The number of benzene rings is 2. The van der Waals surface area contributed by atoms with Crippen LogP contribution in [-0.4, -0.2) is 23.6 Å². The molecule has 0 fully saturated rings. The van der Waals surface area contributed by atoms with Crippen molar-refractivity contribution in [1.29, 1.82) is 0 Å². The van der Waals surface area contributed by atoms with Gasteiger partial charge in [-0.2, -0.15) is 0 Å². The SMILES string of the molecule is CCOc1cc(C=C(NC(C)=O)C(=O)O)ccc1OCc1ccccc1C. The molecule has 0 bridgehead atoms. The van der Waals surface area contributed by atoms with E-state index in [-0.39, 0.29) is 5.70 Å². The molecular formula is C21H23NO5. The zero-order valence-electron chi connectivity index (χ0n) is 15.6. The summed E-state index contributed by atoms with van der Waals surface area (Å²) in [5.74, 6) is -0.601. The number of amides is 1. The summed E-state index contributed by atoms with van der Waals surface area (Å²) in [6.07, 6.45) is 1.37. The first-order chi connectivity index (χ1) is 12.9. The van der Waals surface area contributed by atoms with Gasteiger partial charge in [-0.05, 0) is 48.7 Å². The van der Waals surface area contributed by atoms with Crippen LogP contribution in [-0.2, 0) is 16.2 Å². The highest BCUT2D eigenvalue weighted by Gasteiger charge is 2.11. The molecule has 2 N–H and O–H groups in total. The third kappa shape index (κ3) is 5.88. The summed E-state index contributed by atoms with van der Waals surface area (Å²) in [6, 6.07) is 13.1. The molecule has 0 radical (unpaired) electrons. The fourth-order valence-corrected chi connectivity index (χ4v) is 2.44. The molecule has 0 heterocycles. The molecule has 1 amide bonds. The number of carbonyl (C=O) groups is 2. The minimum absolute atomic E-state index is 0.210. The highest BCUT2D eigenvalue weighted by atomic mass is 16.5. The molecule has 27 heavy (non-hydrogen) atoms. The molecule has 0 aliphatic rings. The van der Waals surface area contributed by atoms with Crippen molar-refractivity contribution >= 4 is 18.0 Å². The van der Waals surface area contributed by atoms with Crippen molar-refractivity contribution in [2.75, 3.05) is 6.61 Å². The minimum Gasteiger partial charge on any atom is -0.490 e. The van der Waals surface area contributed by atoms with Crippen LogP contribution in [0.15, 0.2) is 48.2 Å². The third-order valence-corrected chi connectivity index (χ3v) is 3.76. The van der Waals surface area contributed by atoms with Gasteiger partial charge in [0.15, 0.2) is 11.5 Å². The first-order valence-electron chi connectivity index (χ1n) is 8.57. The number of ether oxygens (including phenoxy) is 2. The Bertz CT molecular complexity index is 857. The number of nitrogens with one attached hydrogen (secondary N) is 1. The molecule has 0 aromatic heterocycles. The van der Waals surface area contributed by atoms with E-state index < -0.39 is 11.9 Å². The van der Waals surface area contributed by atoms with E-state index in [1.165, 1.54) is 13.0 Å². The van der Waals surface area contributed by atoms with Crippen LogP contribution in [0.5, 0.6) is 11.5 Å². The molecule has 2 aromatic carbocycles. The Morgan fingerprint density at radius 2 is 1.85 bits per heavy atom. The van der Waals surface area contributed by atoms with Gasteiger partial charge in [-0.25, -0.2) is 4.79 Å². The summed E-state index contributed by atoms with van der Waals surface area (Å²) in [4.78, 5) is 22.4. The Morgan fingerprint density at radius 1 is 1.11 bits per heavy atom. The van der Waals surface area contributed by atoms with E-state index in [0.717, 1.165) is 11.1 Å². The fourth-order valence-electron chi connectivity index (χ4n) is 2.44. The van der Waals surface area contributed by atoms with Gasteiger partial charge in [0.05, 0.1) is 6.61 Å². The molecule has 0 saturated carbocycles. The highest BCUT2D eigenvalue weighted by molar-refractivity contribution is 5.96. The van der Waals surface area contributed by atoms with Crippen LogP contribution < -0.4 is 14.8 Å². The Kier molecular flexibility index (Phi) is 7.00. The summed E-state index contributed by atoms with van der Waals surface area (Å²) in [5, 5.41) is 11.5. The van der Waals surface area contributed by atoms with Gasteiger partial charge in [-0.1, -0.05) is 30.3 Å². The van der Waals surface area contributed by atoms with E-state index in [4.69, 9.17) is 9.47 Å². The molecule has 6 heteroatoms. The minimum atomic E-state index is -1.22. The van der Waals surface area contributed by atoms with Crippen LogP contribution in [0.4, 0.5) is 0 Å². The summed E-state index contributed by atoms with van der Waals surface area (Å²) >= 11 is 0. The number of hydrogen-bond donors (Lipinski definition) is 2. The number of hydrogen-bond acceptors (Lipinski definition) is 4. The van der Waals surface area contributed by atoms with Crippen molar-refractivity contribution in [3.8, 4) is 11.5 Å². The van der Waals surface area contributed by atoms with Crippen LogP contribution in [0.25, 0.3) is 6.08 Å². The van der Waals surface area contributed by atoms with Crippen LogP contribution >= 0.6 is 0 Å². The lowest BCUT2D eigenvalue weighted by Crippen LogP contribution is -2.24. The second kappa shape index (κ2) is 9.43. The highest BCUT2D eigenvalue weighted by Crippen LogP contribution is 2.30. The Labute approximate surface area is 158 Å². The van der Waals surface area contributed by atoms with Crippen molar-refractivity contribution in [2.45, 2.75) is 27.4 Å². The van der Waals surface area contributed by atoms with E-state index in [0.29, 0.717) is 30.3 Å². The lowest BCUT2D eigenvalue weighted by Gasteiger charge is -2.14. The van der Waals surface area contributed by atoms with Crippen molar-refractivity contribution in [3.05, 3.63) is 64.9 Å². The van der Waals surface area contributed by atoms with Gasteiger partial charge in [0, 0.05) is 6.92 Å². The summed E-state index contributed by atoms with van der Waals surface area (Å²) in [6.45, 7) is 5.96. The van der Waals surface area contributed by atoms with Crippen molar-refractivity contribution < 1.29 is 24.2 Å². The monoisotopic (exact) mass is 369 g/mol. The molecule has 6 nitrogen and oxygen atoms in total. The van der Waals surface area contributed by atoms with Crippen molar-refractivity contribution in [3.63, 3.8) is 0 Å². The standard InChI is InChI=1S/C21H23NO5/c1-4-26-20-12-16(11-18(21(24)25)22-15(3)23)9-10-19(20)27-13-17-8-6-5-7-14(17)2/h5-12H,4,13H2,1-3H3,(H,22,23)(H,24,25). The maximum atomic E-state index is 11.3. The Balaban J connectivity index is 2.26. The van der Waals surface area contributed by atoms with Crippen LogP contribution in [0.2, 0.25) is 0 Å². The normalized spacial score (nSPS) is 11.0. The first-order valence-corrected chi connectivity index (χ1v) is 8.57.